The Morgan fingerprint density at radius 1 is 1.19 bits per heavy atom. The minimum absolute atomic E-state index is 0.207. The first-order valence-electron chi connectivity index (χ1n) is 4.41. The van der Waals surface area contributed by atoms with E-state index in [2.05, 4.69) is 8.75 Å². The third-order valence-corrected chi connectivity index (χ3v) is 3.64. The molecule has 3 rings (SSSR count). The van der Waals surface area contributed by atoms with Crippen molar-refractivity contribution < 1.29 is 8.78 Å². The molecule has 0 radical (unpaired) electrons. The lowest BCUT2D eigenvalue weighted by Crippen LogP contribution is -1.90. The van der Waals surface area contributed by atoms with Gasteiger partial charge in [-0.15, -0.1) is 11.3 Å². The molecule has 0 fully saturated rings. The first kappa shape index (κ1) is 9.80. The van der Waals surface area contributed by atoms with Gasteiger partial charge in [-0.3, -0.25) is 0 Å². The van der Waals surface area contributed by atoms with Crippen molar-refractivity contribution in [2.45, 2.75) is 0 Å². The SMILES string of the molecule is Fc1cc2nsnc2c(-c2cccs2)c1F. The Bertz CT molecular complexity index is 646. The average Bonchev–Trinajstić information content (AvgIpc) is 2.89. The minimum atomic E-state index is -0.886. The number of fused-ring (bicyclic) bond motifs is 1. The number of nitrogens with zero attached hydrogens (tertiary/aromatic N) is 2. The number of aromatic nitrogens is 2. The largest absolute Gasteiger partial charge is 0.204 e. The van der Waals surface area contributed by atoms with Crippen LogP contribution in [0, 0.1) is 11.6 Å². The Balaban J connectivity index is 2.45. The first-order chi connectivity index (χ1) is 7.77. The smallest absolute Gasteiger partial charge is 0.169 e. The van der Waals surface area contributed by atoms with E-state index in [0.29, 0.717) is 15.9 Å². The Morgan fingerprint density at radius 2 is 2.06 bits per heavy atom. The highest BCUT2D eigenvalue weighted by atomic mass is 32.1. The summed E-state index contributed by atoms with van der Waals surface area (Å²) in [6.07, 6.45) is 0. The molecular weight excluding hydrogens is 250 g/mol. The molecule has 0 spiro atoms. The van der Waals surface area contributed by atoms with Crippen LogP contribution in [0.4, 0.5) is 8.78 Å². The fraction of sp³-hybridized carbons (Fsp3) is 0. The molecule has 0 aliphatic carbocycles. The van der Waals surface area contributed by atoms with E-state index >= 15 is 0 Å². The van der Waals surface area contributed by atoms with E-state index in [4.69, 9.17) is 0 Å². The van der Waals surface area contributed by atoms with Gasteiger partial charge in [0.1, 0.15) is 11.0 Å². The second kappa shape index (κ2) is 3.57. The van der Waals surface area contributed by atoms with Gasteiger partial charge in [0, 0.05) is 10.9 Å². The monoisotopic (exact) mass is 254 g/mol. The molecule has 0 saturated heterocycles. The predicted octanol–water partition coefficient (Wildman–Crippen LogP) is 3.70. The van der Waals surface area contributed by atoms with Crippen LogP contribution in [-0.4, -0.2) is 8.75 Å². The van der Waals surface area contributed by atoms with E-state index in [0.717, 1.165) is 17.8 Å². The van der Waals surface area contributed by atoms with Crippen LogP contribution in [0.5, 0.6) is 0 Å². The summed E-state index contributed by atoms with van der Waals surface area (Å²) >= 11 is 2.30. The molecule has 16 heavy (non-hydrogen) atoms. The van der Waals surface area contributed by atoms with Gasteiger partial charge in [0.05, 0.1) is 17.3 Å². The molecule has 0 saturated carbocycles. The highest BCUT2D eigenvalue weighted by Crippen LogP contribution is 2.34. The molecule has 0 aliphatic heterocycles. The molecule has 0 unspecified atom stereocenters. The normalized spacial score (nSPS) is 11.1. The summed E-state index contributed by atoms with van der Waals surface area (Å²) in [4.78, 5) is 0.662. The molecule has 1 aromatic carbocycles. The van der Waals surface area contributed by atoms with E-state index in [9.17, 15) is 8.78 Å². The minimum Gasteiger partial charge on any atom is -0.204 e. The number of thiophene rings is 1. The van der Waals surface area contributed by atoms with Gasteiger partial charge in [0.2, 0.25) is 0 Å². The van der Waals surface area contributed by atoms with Crippen molar-refractivity contribution in [3.63, 3.8) is 0 Å². The van der Waals surface area contributed by atoms with E-state index in [1.54, 1.807) is 12.1 Å². The summed E-state index contributed by atoms with van der Waals surface area (Å²) in [5, 5.41) is 1.81. The van der Waals surface area contributed by atoms with Crippen LogP contribution in [0.25, 0.3) is 21.5 Å². The molecule has 6 heteroatoms. The maximum Gasteiger partial charge on any atom is 0.169 e. The van der Waals surface area contributed by atoms with Gasteiger partial charge in [-0.25, -0.2) is 8.78 Å². The Hall–Kier alpha value is -1.40. The molecule has 2 heterocycles. The summed E-state index contributed by atoms with van der Waals surface area (Å²) in [5.74, 6) is -1.74. The van der Waals surface area contributed by atoms with Crippen LogP contribution >= 0.6 is 23.1 Å². The van der Waals surface area contributed by atoms with Gasteiger partial charge in [0.25, 0.3) is 0 Å². The molecule has 0 atom stereocenters. The standard InChI is InChI=1S/C10H4F2N2S2/c11-5-4-6-10(14-16-13-6)8(9(5)12)7-2-1-3-15-7/h1-4H. The average molecular weight is 254 g/mol. The number of hydrogen-bond acceptors (Lipinski definition) is 4. The second-order valence-electron chi connectivity index (χ2n) is 3.16. The maximum absolute atomic E-state index is 13.7. The van der Waals surface area contributed by atoms with Crippen LogP contribution in [-0.2, 0) is 0 Å². The first-order valence-corrected chi connectivity index (χ1v) is 6.02. The van der Waals surface area contributed by atoms with Crippen molar-refractivity contribution in [2.75, 3.05) is 0 Å². The molecule has 80 valence electrons. The zero-order valence-electron chi connectivity index (χ0n) is 7.78. The summed E-state index contributed by atoms with van der Waals surface area (Å²) in [7, 11) is 0. The fourth-order valence-corrected chi connectivity index (χ4v) is 2.82. The van der Waals surface area contributed by atoms with Crippen molar-refractivity contribution in [3.05, 3.63) is 35.2 Å². The summed E-state index contributed by atoms with van der Waals surface area (Å²) in [6, 6.07) is 4.60. The van der Waals surface area contributed by atoms with Crippen molar-refractivity contribution in [1.82, 2.24) is 8.75 Å². The lowest BCUT2D eigenvalue weighted by atomic mass is 10.1. The summed E-state index contributed by atoms with van der Waals surface area (Å²) in [6.45, 7) is 0. The van der Waals surface area contributed by atoms with Gasteiger partial charge in [-0.05, 0) is 11.4 Å². The van der Waals surface area contributed by atoms with Gasteiger partial charge < -0.3 is 0 Å². The van der Waals surface area contributed by atoms with Crippen LogP contribution < -0.4 is 0 Å². The zero-order chi connectivity index (χ0) is 11.1. The van der Waals surface area contributed by atoms with E-state index in [1.807, 2.05) is 5.38 Å². The molecule has 0 N–H and O–H groups in total. The number of halogens is 2. The highest BCUT2D eigenvalue weighted by Gasteiger charge is 2.18. The molecule has 2 aromatic heterocycles. The maximum atomic E-state index is 13.7. The second-order valence-corrected chi connectivity index (χ2v) is 4.63. The molecular formula is C10H4F2N2S2. The highest BCUT2D eigenvalue weighted by molar-refractivity contribution is 7.13. The Kier molecular flexibility index (Phi) is 2.19. The van der Waals surface area contributed by atoms with Gasteiger partial charge in [-0.1, -0.05) is 6.07 Å². The van der Waals surface area contributed by atoms with Crippen LogP contribution in [0.1, 0.15) is 0 Å². The summed E-state index contributed by atoms with van der Waals surface area (Å²) in [5.41, 5.74) is 1.03. The van der Waals surface area contributed by atoms with Crippen LogP contribution in [0.3, 0.4) is 0 Å². The quantitative estimate of drug-likeness (QED) is 0.661. The van der Waals surface area contributed by atoms with E-state index < -0.39 is 11.6 Å². The van der Waals surface area contributed by atoms with Crippen molar-refractivity contribution in [3.8, 4) is 10.4 Å². The topological polar surface area (TPSA) is 25.8 Å². The zero-order valence-corrected chi connectivity index (χ0v) is 9.41. The Labute approximate surface area is 97.5 Å². The third kappa shape index (κ3) is 1.34. The van der Waals surface area contributed by atoms with Gasteiger partial charge >= 0.3 is 0 Å². The number of hydrogen-bond donors (Lipinski definition) is 0. The van der Waals surface area contributed by atoms with Crippen molar-refractivity contribution in [2.24, 2.45) is 0 Å². The third-order valence-electron chi connectivity index (χ3n) is 2.21. The van der Waals surface area contributed by atoms with Gasteiger partial charge in [0.15, 0.2) is 11.6 Å². The van der Waals surface area contributed by atoms with E-state index in [1.165, 1.54) is 11.3 Å². The number of benzene rings is 1. The number of rotatable bonds is 1. The molecule has 0 bridgehead atoms. The van der Waals surface area contributed by atoms with Crippen LogP contribution in [0.15, 0.2) is 23.6 Å². The lowest BCUT2D eigenvalue weighted by Gasteiger charge is -2.01. The molecule has 3 aromatic rings. The summed E-state index contributed by atoms with van der Waals surface area (Å²) < 4.78 is 35.0. The van der Waals surface area contributed by atoms with E-state index in [-0.39, 0.29) is 5.56 Å². The van der Waals surface area contributed by atoms with Crippen molar-refractivity contribution >= 4 is 34.1 Å². The molecule has 0 aliphatic rings. The van der Waals surface area contributed by atoms with Crippen molar-refractivity contribution in [1.29, 1.82) is 0 Å². The lowest BCUT2D eigenvalue weighted by molar-refractivity contribution is 0.513. The Morgan fingerprint density at radius 3 is 2.81 bits per heavy atom. The molecule has 0 amide bonds. The van der Waals surface area contributed by atoms with Crippen LogP contribution in [0.2, 0.25) is 0 Å². The van der Waals surface area contributed by atoms with Gasteiger partial charge in [-0.2, -0.15) is 8.75 Å². The predicted molar refractivity (Wildman–Crippen MR) is 60.6 cm³/mol. The fourth-order valence-electron chi connectivity index (χ4n) is 1.52. The molecule has 2 nitrogen and oxygen atoms in total.